The van der Waals surface area contributed by atoms with Gasteiger partial charge in [0.1, 0.15) is 0 Å². The molecule has 26 heavy (non-hydrogen) atoms. The lowest BCUT2D eigenvalue weighted by atomic mass is 10.0. The van der Waals surface area contributed by atoms with E-state index < -0.39 is 0 Å². The van der Waals surface area contributed by atoms with E-state index in [-0.39, 0.29) is 6.09 Å². The van der Waals surface area contributed by atoms with Crippen LogP contribution in [0.3, 0.4) is 0 Å². The summed E-state index contributed by atoms with van der Waals surface area (Å²) in [5, 5.41) is 9.36. The van der Waals surface area contributed by atoms with Crippen LogP contribution in [0, 0.1) is 0 Å². The van der Waals surface area contributed by atoms with Gasteiger partial charge in [-0.3, -0.25) is 4.99 Å². The number of hydrogen-bond donors (Lipinski definition) is 2. The van der Waals surface area contributed by atoms with Crippen molar-refractivity contribution in [1.82, 2.24) is 15.5 Å². The Morgan fingerprint density at radius 3 is 2.65 bits per heavy atom. The third-order valence-corrected chi connectivity index (χ3v) is 4.82. The highest BCUT2D eigenvalue weighted by molar-refractivity contribution is 5.86. The number of ether oxygens (including phenoxy) is 1. The average Bonchev–Trinajstić information content (AvgIpc) is 2.71. The van der Waals surface area contributed by atoms with Crippen LogP contribution in [0.4, 0.5) is 4.79 Å². The van der Waals surface area contributed by atoms with Gasteiger partial charge >= 0.3 is 6.09 Å². The molecule has 0 bridgehead atoms. The molecule has 1 aliphatic rings. The van der Waals surface area contributed by atoms with Crippen LogP contribution in [0.25, 0.3) is 10.8 Å². The fourth-order valence-corrected chi connectivity index (χ4v) is 3.35. The van der Waals surface area contributed by atoms with E-state index in [0.717, 1.165) is 18.8 Å². The maximum Gasteiger partial charge on any atom is 0.409 e. The highest BCUT2D eigenvalue weighted by Gasteiger charge is 2.23. The lowest BCUT2D eigenvalue weighted by Gasteiger charge is -2.32. The van der Waals surface area contributed by atoms with E-state index in [1.54, 1.807) is 11.9 Å². The molecule has 0 saturated carbocycles. The van der Waals surface area contributed by atoms with Crippen molar-refractivity contribution in [1.29, 1.82) is 0 Å². The number of carbonyl (C=O) groups excluding carboxylic acids is 1. The van der Waals surface area contributed by atoms with Crippen LogP contribution in [0.2, 0.25) is 0 Å². The molecule has 1 fully saturated rings. The SMILES string of the molecule is CN=C(NCc1cccc2ccccc12)NC1CCN(C(=O)OC)CC1. The normalized spacial score (nSPS) is 15.8. The number of amides is 1. The zero-order chi connectivity index (χ0) is 18.4. The van der Waals surface area contributed by atoms with Crippen LogP contribution < -0.4 is 10.6 Å². The van der Waals surface area contributed by atoms with E-state index in [9.17, 15) is 4.79 Å². The lowest BCUT2D eigenvalue weighted by Crippen LogP contribution is -2.49. The van der Waals surface area contributed by atoms with E-state index in [1.807, 2.05) is 0 Å². The molecule has 0 aromatic heterocycles. The van der Waals surface area contributed by atoms with Crippen LogP contribution in [0.1, 0.15) is 18.4 Å². The van der Waals surface area contributed by atoms with Crippen molar-refractivity contribution >= 4 is 22.8 Å². The van der Waals surface area contributed by atoms with Gasteiger partial charge in [-0.05, 0) is 29.2 Å². The van der Waals surface area contributed by atoms with Crippen molar-refractivity contribution < 1.29 is 9.53 Å². The van der Waals surface area contributed by atoms with Crippen molar-refractivity contribution in [2.75, 3.05) is 27.2 Å². The van der Waals surface area contributed by atoms with E-state index >= 15 is 0 Å². The van der Waals surface area contributed by atoms with Gasteiger partial charge < -0.3 is 20.3 Å². The number of nitrogens with one attached hydrogen (secondary N) is 2. The molecule has 1 saturated heterocycles. The summed E-state index contributed by atoms with van der Waals surface area (Å²) < 4.78 is 4.78. The lowest BCUT2D eigenvalue weighted by molar-refractivity contribution is 0.111. The molecule has 0 unspecified atom stereocenters. The highest BCUT2D eigenvalue weighted by atomic mass is 16.5. The molecule has 0 radical (unpaired) electrons. The van der Waals surface area contributed by atoms with Gasteiger partial charge in [-0.2, -0.15) is 0 Å². The summed E-state index contributed by atoms with van der Waals surface area (Å²) >= 11 is 0. The fourth-order valence-electron chi connectivity index (χ4n) is 3.35. The zero-order valence-corrected chi connectivity index (χ0v) is 15.4. The zero-order valence-electron chi connectivity index (χ0n) is 15.4. The molecule has 6 heteroatoms. The van der Waals surface area contributed by atoms with E-state index in [1.165, 1.54) is 23.4 Å². The summed E-state index contributed by atoms with van der Waals surface area (Å²) in [6.45, 7) is 2.11. The molecule has 0 aliphatic carbocycles. The van der Waals surface area contributed by atoms with E-state index in [0.29, 0.717) is 25.7 Å². The molecule has 2 aromatic carbocycles. The van der Waals surface area contributed by atoms with Gasteiger partial charge in [0.15, 0.2) is 5.96 Å². The number of carbonyl (C=O) groups is 1. The van der Waals surface area contributed by atoms with E-state index in [4.69, 9.17) is 4.74 Å². The Morgan fingerprint density at radius 1 is 1.19 bits per heavy atom. The summed E-state index contributed by atoms with van der Waals surface area (Å²) in [5.41, 5.74) is 1.24. The van der Waals surface area contributed by atoms with Crippen molar-refractivity contribution in [2.24, 2.45) is 4.99 Å². The number of likely N-dealkylation sites (tertiary alicyclic amines) is 1. The first-order chi connectivity index (χ1) is 12.7. The third-order valence-electron chi connectivity index (χ3n) is 4.82. The number of methoxy groups -OCH3 is 1. The number of hydrogen-bond acceptors (Lipinski definition) is 3. The molecule has 1 aliphatic heterocycles. The first-order valence-electron chi connectivity index (χ1n) is 8.98. The summed E-state index contributed by atoms with van der Waals surface area (Å²) in [4.78, 5) is 17.6. The molecule has 6 nitrogen and oxygen atoms in total. The van der Waals surface area contributed by atoms with Crippen LogP contribution in [0.15, 0.2) is 47.5 Å². The number of benzene rings is 2. The number of guanidine groups is 1. The number of rotatable bonds is 3. The number of piperidine rings is 1. The van der Waals surface area contributed by atoms with Crippen molar-refractivity contribution in [3.05, 3.63) is 48.0 Å². The number of aliphatic imine (C=N–C) groups is 1. The Balaban J connectivity index is 1.55. The minimum atomic E-state index is -0.248. The van der Waals surface area contributed by atoms with Gasteiger partial charge in [-0.25, -0.2) is 4.79 Å². The Labute approximate surface area is 154 Å². The van der Waals surface area contributed by atoms with Crippen LogP contribution in [0.5, 0.6) is 0 Å². The largest absolute Gasteiger partial charge is 0.453 e. The number of nitrogens with zero attached hydrogens (tertiary/aromatic N) is 2. The third kappa shape index (κ3) is 4.25. The molecule has 138 valence electrons. The first-order valence-corrected chi connectivity index (χ1v) is 8.98. The Kier molecular flexibility index (Phi) is 5.94. The molecular weight excluding hydrogens is 328 g/mol. The summed E-state index contributed by atoms with van der Waals surface area (Å²) in [5.74, 6) is 0.787. The molecule has 2 N–H and O–H groups in total. The second kappa shape index (κ2) is 8.56. The maximum atomic E-state index is 11.6. The smallest absolute Gasteiger partial charge is 0.409 e. The highest BCUT2D eigenvalue weighted by Crippen LogP contribution is 2.18. The van der Waals surface area contributed by atoms with Gasteiger partial charge in [-0.15, -0.1) is 0 Å². The van der Waals surface area contributed by atoms with Gasteiger partial charge in [0.05, 0.1) is 7.11 Å². The monoisotopic (exact) mass is 354 g/mol. The van der Waals surface area contributed by atoms with Gasteiger partial charge in [0.2, 0.25) is 0 Å². The maximum absolute atomic E-state index is 11.6. The van der Waals surface area contributed by atoms with Crippen LogP contribution in [-0.4, -0.2) is 50.2 Å². The molecule has 2 aromatic rings. The minimum Gasteiger partial charge on any atom is -0.453 e. The Morgan fingerprint density at radius 2 is 1.92 bits per heavy atom. The van der Waals surface area contributed by atoms with Gasteiger partial charge in [0, 0.05) is 32.7 Å². The van der Waals surface area contributed by atoms with Crippen LogP contribution in [-0.2, 0) is 11.3 Å². The molecule has 0 atom stereocenters. The molecular formula is C20H26N4O2. The predicted molar refractivity (Wildman–Crippen MR) is 104 cm³/mol. The van der Waals surface area contributed by atoms with Crippen molar-refractivity contribution in [3.63, 3.8) is 0 Å². The topological polar surface area (TPSA) is 66.0 Å². The second-order valence-corrected chi connectivity index (χ2v) is 6.44. The fraction of sp³-hybridized carbons (Fsp3) is 0.400. The molecule has 1 amide bonds. The quantitative estimate of drug-likeness (QED) is 0.657. The first kappa shape index (κ1) is 18.0. The second-order valence-electron chi connectivity index (χ2n) is 6.44. The van der Waals surface area contributed by atoms with E-state index in [2.05, 4.69) is 58.1 Å². The average molecular weight is 354 g/mol. The number of fused-ring (bicyclic) bond motifs is 1. The standard InChI is InChI=1S/C20H26N4O2/c1-21-19(23-17-10-12-24(13-11-17)20(25)26-2)22-14-16-8-5-7-15-6-3-4-9-18(15)16/h3-9,17H,10-14H2,1-2H3,(H2,21,22,23). The summed E-state index contributed by atoms with van der Waals surface area (Å²) in [6, 6.07) is 15.0. The van der Waals surface area contributed by atoms with Crippen molar-refractivity contribution in [2.45, 2.75) is 25.4 Å². The molecule has 3 rings (SSSR count). The minimum absolute atomic E-state index is 0.248. The Bertz CT molecular complexity index is 777. The summed E-state index contributed by atoms with van der Waals surface area (Å²) in [7, 11) is 3.20. The van der Waals surface area contributed by atoms with Crippen LogP contribution >= 0.6 is 0 Å². The summed E-state index contributed by atoms with van der Waals surface area (Å²) in [6.07, 6.45) is 1.51. The van der Waals surface area contributed by atoms with Gasteiger partial charge in [0.25, 0.3) is 0 Å². The molecule has 0 spiro atoms. The predicted octanol–water partition coefficient (Wildman–Crippen LogP) is 2.74. The Hall–Kier alpha value is -2.76. The molecule has 1 heterocycles. The van der Waals surface area contributed by atoms with Gasteiger partial charge in [-0.1, -0.05) is 42.5 Å². The van der Waals surface area contributed by atoms with Crippen molar-refractivity contribution in [3.8, 4) is 0 Å².